The lowest BCUT2D eigenvalue weighted by Gasteiger charge is -2.27. The Balaban J connectivity index is 1.57. The standard InChI is InChI=1S/C22H24FN5/c1-14-8-17(11-27-10-15(2)24-21(14)27)18-9-19(23)22-25-20(13-28(22)12-18)16-4-6-26(3)7-5-16/h8-13,16H,4-7H2,1-3H3. The van der Waals surface area contributed by atoms with Crippen LogP contribution in [0.15, 0.2) is 36.9 Å². The third-order valence-electron chi connectivity index (χ3n) is 5.85. The number of nitrogens with zero attached hydrogens (tertiary/aromatic N) is 5. The van der Waals surface area contributed by atoms with Crippen LogP contribution in [-0.4, -0.2) is 43.8 Å². The van der Waals surface area contributed by atoms with E-state index in [0.29, 0.717) is 11.6 Å². The second-order valence-electron chi connectivity index (χ2n) is 8.08. The van der Waals surface area contributed by atoms with Crippen molar-refractivity contribution in [3.8, 4) is 11.1 Å². The molecule has 0 N–H and O–H groups in total. The van der Waals surface area contributed by atoms with E-state index in [1.54, 1.807) is 6.07 Å². The van der Waals surface area contributed by atoms with Gasteiger partial charge in [-0.25, -0.2) is 14.4 Å². The van der Waals surface area contributed by atoms with Crippen LogP contribution in [0.1, 0.15) is 35.7 Å². The maximum atomic E-state index is 14.9. The van der Waals surface area contributed by atoms with Crippen LogP contribution in [-0.2, 0) is 0 Å². The summed E-state index contributed by atoms with van der Waals surface area (Å²) in [5, 5.41) is 0. The van der Waals surface area contributed by atoms with Crippen molar-refractivity contribution in [1.29, 1.82) is 0 Å². The maximum absolute atomic E-state index is 14.9. The number of pyridine rings is 2. The van der Waals surface area contributed by atoms with Gasteiger partial charge >= 0.3 is 0 Å². The smallest absolute Gasteiger partial charge is 0.173 e. The summed E-state index contributed by atoms with van der Waals surface area (Å²) in [6, 6.07) is 3.66. The first-order chi connectivity index (χ1) is 13.5. The Morgan fingerprint density at radius 3 is 2.32 bits per heavy atom. The minimum absolute atomic E-state index is 0.281. The van der Waals surface area contributed by atoms with Crippen molar-refractivity contribution in [1.82, 2.24) is 23.7 Å². The number of rotatable bonds is 2. The molecule has 0 aliphatic carbocycles. The van der Waals surface area contributed by atoms with Crippen LogP contribution >= 0.6 is 0 Å². The summed E-state index contributed by atoms with van der Waals surface area (Å²) in [7, 11) is 2.15. The van der Waals surface area contributed by atoms with E-state index in [-0.39, 0.29) is 5.82 Å². The summed E-state index contributed by atoms with van der Waals surface area (Å²) in [5.74, 6) is 0.128. The number of fused-ring (bicyclic) bond motifs is 2. The molecule has 5 heterocycles. The van der Waals surface area contributed by atoms with E-state index in [1.165, 1.54) is 0 Å². The minimum Gasteiger partial charge on any atom is -0.306 e. The molecule has 0 atom stereocenters. The Kier molecular flexibility index (Phi) is 3.98. The van der Waals surface area contributed by atoms with Crippen molar-refractivity contribution >= 4 is 11.3 Å². The van der Waals surface area contributed by atoms with Crippen LogP contribution in [0, 0.1) is 19.7 Å². The lowest BCUT2D eigenvalue weighted by atomic mass is 9.94. The molecule has 6 heteroatoms. The molecule has 144 valence electrons. The number of hydrogen-bond acceptors (Lipinski definition) is 3. The van der Waals surface area contributed by atoms with Crippen LogP contribution in [0.25, 0.3) is 22.4 Å². The number of halogens is 1. The first-order valence-corrected chi connectivity index (χ1v) is 9.81. The average Bonchev–Trinajstić information content (AvgIpc) is 3.26. The van der Waals surface area contributed by atoms with Crippen LogP contribution < -0.4 is 0 Å². The number of likely N-dealkylation sites (tertiary alicyclic amines) is 1. The molecule has 5 rings (SSSR count). The van der Waals surface area contributed by atoms with Gasteiger partial charge in [-0.2, -0.15) is 0 Å². The van der Waals surface area contributed by atoms with Gasteiger partial charge in [0.2, 0.25) is 0 Å². The summed E-state index contributed by atoms with van der Waals surface area (Å²) < 4.78 is 18.7. The lowest BCUT2D eigenvalue weighted by Crippen LogP contribution is -2.29. The summed E-state index contributed by atoms with van der Waals surface area (Å²) >= 11 is 0. The molecular formula is C22H24FN5. The number of aryl methyl sites for hydroxylation is 2. The molecule has 1 saturated heterocycles. The molecule has 4 aromatic rings. The Bertz CT molecular complexity index is 1180. The Hall–Kier alpha value is -2.73. The molecule has 1 aliphatic heterocycles. The Morgan fingerprint density at radius 2 is 1.57 bits per heavy atom. The van der Waals surface area contributed by atoms with Crippen molar-refractivity contribution < 1.29 is 4.39 Å². The van der Waals surface area contributed by atoms with Crippen molar-refractivity contribution in [3.05, 3.63) is 59.7 Å². The van der Waals surface area contributed by atoms with Crippen molar-refractivity contribution in [3.63, 3.8) is 0 Å². The second kappa shape index (κ2) is 6.41. The van der Waals surface area contributed by atoms with Gasteiger partial charge in [0.25, 0.3) is 0 Å². The molecule has 4 aromatic heterocycles. The van der Waals surface area contributed by atoms with Gasteiger partial charge in [0.15, 0.2) is 11.5 Å². The van der Waals surface area contributed by atoms with Gasteiger partial charge in [-0.3, -0.25) is 0 Å². The summed E-state index contributed by atoms with van der Waals surface area (Å²) in [6.07, 6.45) is 10.1. The normalized spacial score (nSPS) is 16.4. The van der Waals surface area contributed by atoms with Crippen LogP contribution in [0.2, 0.25) is 0 Å². The number of aromatic nitrogens is 4. The fourth-order valence-corrected chi connectivity index (χ4v) is 4.28. The van der Waals surface area contributed by atoms with E-state index in [2.05, 4.69) is 28.0 Å². The quantitative estimate of drug-likeness (QED) is 0.525. The van der Waals surface area contributed by atoms with E-state index in [9.17, 15) is 4.39 Å². The second-order valence-corrected chi connectivity index (χ2v) is 8.08. The third kappa shape index (κ3) is 2.88. The predicted molar refractivity (Wildman–Crippen MR) is 108 cm³/mol. The van der Waals surface area contributed by atoms with E-state index < -0.39 is 0 Å². The summed E-state index contributed by atoms with van der Waals surface area (Å²) in [5.41, 5.74) is 6.21. The Morgan fingerprint density at radius 1 is 0.893 bits per heavy atom. The van der Waals surface area contributed by atoms with Crippen molar-refractivity contribution in [2.24, 2.45) is 0 Å². The van der Waals surface area contributed by atoms with Gasteiger partial charge in [-0.15, -0.1) is 0 Å². The fourth-order valence-electron chi connectivity index (χ4n) is 4.28. The number of imidazole rings is 2. The van der Waals surface area contributed by atoms with E-state index in [0.717, 1.165) is 59.7 Å². The largest absolute Gasteiger partial charge is 0.306 e. The summed E-state index contributed by atoms with van der Waals surface area (Å²) in [4.78, 5) is 11.5. The first kappa shape index (κ1) is 17.4. The molecule has 0 radical (unpaired) electrons. The van der Waals surface area contributed by atoms with E-state index in [4.69, 9.17) is 0 Å². The average molecular weight is 377 g/mol. The molecule has 28 heavy (non-hydrogen) atoms. The van der Waals surface area contributed by atoms with Crippen LogP contribution in [0.5, 0.6) is 0 Å². The molecule has 0 aromatic carbocycles. The molecule has 5 nitrogen and oxygen atoms in total. The highest BCUT2D eigenvalue weighted by Crippen LogP contribution is 2.29. The zero-order chi connectivity index (χ0) is 19.4. The van der Waals surface area contributed by atoms with Gasteiger partial charge in [0.1, 0.15) is 5.65 Å². The highest BCUT2D eigenvalue weighted by molar-refractivity contribution is 5.68. The lowest BCUT2D eigenvalue weighted by molar-refractivity contribution is 0.253. The predicted octanol–water partition coefficient (Wildman–Crippen LogP) is 4.21. The van der Waals surface area contributed by atoms with Gasteiger partial charge in [0, 0.05) is 41.8 Å². The highest BCUT2D eigenvalue weighted by atomic mass is 19.1. The van der Waals surface area contributed by atoms with Crippen molar-refractivity contribution in [2.75, 3.05) is 20.1 Å². The number of piperidine rings is 1. The first-order valence-electron chi connectivity index (χ1n) is 9.81. The molecule has 0 unspecified atom stereocenters. The molecule has 0 amide bonds. The van der Waals surface area contributed by atoms with Gasteiger partial charge in [0.05, 0.1) is 11.4 Å². The van der Waals surface area contributed by atoms with E-state index >= 15 is 0 Å². The van der Waals surface area contributed by atoms with Gasteiger partial charge in [-0.1, -0.05) is 0 Å². The van der Waals surface area contributed by atoms with E-state index in [1.807, 2.05) is 47.4 Å². The number of hydrogen-bond donors (Lipinski definition) is 0. The van der Waals surface area contributed by atoms with Crippen LogP contribution in [0.3, 0.4) is 0 Å². The molecule has 1 fully saturated rings. The monoisotopic (exact) mass is 377 g/mol. The topological polar surface area (TPSA) is 37.8 Å². The van der Waals surface area contributed by atoms with Gasteiger partial charge in [-0.05, 0) is 64.5 Å². The Labute approximate surface area is 163 Å². The molecular weight excluding hydrogens is 353 g/mol. The zero-order valence-electron chi connectivity index (χ0n) is 16.5. The zero-order valence-corrected chi connectivity index (χ0v) is 16.5. The highest BCUT2D eigenvalue weighted by Gasteiger charge is 2.22. The maximum Gasteiger partial charge on any atom is 0.173 e. The fraction of sp³-hybridized carbons (Fsp3) is 0.364. The minimum atomic E-state index is -0.281. The van der Waals surface area contributed by atoms with Gasteiger partial charge < -0.3 is 13.7 Å². The molecule has 1 aliphatic rings. The molecule has 0 bridgehead atoms. The van der Waals surface area contributed by atoms with Crippen LogP contribution in [0.4, 0.5) is 4.39 Å². The van der Waals surface area contributed by atoms with Crippen molar-refractivity contribution in [2.45, 2.75) is 32.6 Å². The molecule has 0 saturated carbocycles. The molecule has 0 spiro atoms. The SMILES string of the molecule is Cc1cn2cc(-c3cc(F)c4nc(C5CCN(C)CC5)cn4c3)cc(C)c2n1. The third-order valence-corrected chi connectivity index (χ3v) is 5.85. The summed E-state index contributed by atoms with van der Waals surface area (Å²) in [6.45, 7) is 6.15.